The molecule has 0 aromatic carbocycles. The summed E-state index contributed by atoms with van der Waals surface area (Å²) in [4.78, 5) is 13.9. The number of hydrogen-bond donors (Lipinski definition) is 0. The second-order valence-electron chi connectivity index (χ2n) is 6.06. The van der Waals surface area contributed by atoms with E-state index in [4.69, 9.17) is 0 Å². The number of rotatable bonds is 6. The normalized spacial score (nSPS) is 11.8. The Kier molecular flexibility index (Phi) is 6.15. The molecule has 2 aromatic rings. The highest BCUT2D eigenvalue weighted by Gasteiger charge is 2.37. The summed E-state index contributed by atoms with van der Waals surface area (Å²) in [5.41, 5.74) is 1.17. The fourth-order valence-corrected chi connectivity index (χ4v) is 3.04. The molecule has 0 fully saturated rings. The van der Waals surface area contributed by atoms with Crippen molar-refractivity contribution in [2.24, 2.45) is 0 Å². The summed E-state index contributed by atoms with van der Waals surface area (Å²) < 4.78 is 41.6. The number of amides is 1. The third-order valence-corrected chi connectivity index (χ3v) is 5.09. The van der Waals surface area contributed by atoms with Gasteiger partial charge in [0.1, 0.15) is 0 Å². The van der Waals surface area contributed by atoms with Crippen LogP contribution in [0.5, 0.6) is 0 Å². The van der Waals surface area contributed by atoms with E-state index in [2.05, 4.69) is 26.1 Å². The molecule has 144 valence electrons. The van der Waals surface area contributed by atoms with Crippen molar-refractivity contribution in [3.63, 3.8) is 0 Å². The van der Waals surface area contributed by atoms with Gasteiger partial charge in [0, 0.05) is 38.3 Å². The predicted octanol–water partition coefficient (Wildman–Crippen LogP) is 3.55. The van der Waals surface area contributed by atoms with Crippen LogP contribution in [-0.4, -0.2) is 37.4 Å². The SMILES string of the molecule is CCn1cc(CN(C)C(=O)CCn2nc(C(F)(F)F)c(Br)c2C)c(C)n1. The third kappa shape index (κ3) is 4.46. The van der Waals surface area contributed by atoms with Crippen molar-refractivity contribution >= 4 is 21.8 Å². The van der Waals surface area contributed by atoms with Gasteiger partial charge in [-0.15, -0.1) is 0 Å². The van der Waals surface area contributed by atoms with Gasteiger partial charge in [0.05, 0.1) is 22.4 Å². The molecular weight excluding hydrogens is 415 g/mol. The Labute approximate surface area is 158 Å². The van der Waals surface area contributed by atoms with Gasteiger partial charge in [-0.3, -0.25) is 14.2 Å². The van der Waals surface area contributed by atoms with Gasteiger partial charge in [-0.05, 0) is 36.7 Å². The lowest BCUT2D eigenvalue weighted by Crippen LogP contribution is -2.27. The van der Waals surface area contributed by atoms with E-state index in [1.165, 1.54) is 11.6 Å². The maximum atomic E-state index is 12.9. The maximum absolute atomic E-state index is 12.9. The molecular formula is C16H21BrF3N5O. The number of carbonyl (C=O) groups is 1. The lowest BCUT2D eigenvalue weighted by atomic mass is 10.2. The Balaban J connectivity index is 2.01. The van der Waals surface area contributed by atoms with Crippen molar-refractivity contribution in [3.8, 4) is 0 Å². The first kappa shape index (κ1) is 20.5. The van der Waals surface area contributed by atoms with Crippen LogP contribution in [0.15, 0.2) is 10.7 Å². The van der Waals surface area contributed by atoms with E-state index < -0.39 is 11.9 Å². The van der Waals surface area contributed by atoms with Gasteiger partial charge < -0.3 is 4.90 Å². The average Bonchev–Trinajstić information content (AvgIpc) is 3.06. The second kappa shape index (κ2) is 7.81. The molecule has 2 aromatic heterocycles. The number of alkyl halides is 3. The molecule has 10 heteroatoms. The highest BCUT2D eigenvalue weighted by molar-refractivity contribution is 9.10. The number of nitrogens with zero attached hydrogens (tertiary/aromatic N) is 5. The van der Waals surface area contributed by atoms with Crippen LogP contribution in [0.2, 0.25) is 0 Å². The van der Waals surface area contributed by atoms with Crippen molar-refractivity contribution in [3.05, 3.63) is 33.3 Å². The first-order chi connectivity index (χ1) is 12.0. The molecule has 0 aliphatic rings. The molecule has 0 bridgehead atoms. The van der Waals surface area contributed by atoms with Gasteiger partial charge in [-0.25, -0.2) is 0 Å². The largest absolute Gasteiger partial charge is 0.436 e. The minimum Gasteiger partial charge on any atom is -0.341 e. The first-order valence-electron chi connectivity index (χ1n) is 8.11. The molecule has 0 saturated heterocycles. The van der Waals surface area contributed by atoms with Gasteiger partial charge >= 0.3 is 6.18 Å². The molecule has 0 aliphatic carbocycles. The van der Waals surface area contributed by atoms with Crippen LogP contribution in [0.1, 0.15) is 36.0 Å². The minimum absolute atomic E-state index is 0.0592. The zero-order valence-corrected chi connectivity index (χ0v) is 16.6. The zero-order valence-electron chi connectivity index (χ0n) is 15.1. The van der Waals surface area contributed by atoms with Crippen LogP contribution in [0, 0.1) is 13.8 Å². The summed E-state index contributed by atoms with van der Waals surface area (Å²) in [7, 11) is 1.66. The molecule has 2 heterocycles. The summed E-state index contributed by atoms with van der Waals surface area (Å²) in [5.74, 6) is -0.173. The van der Waals surface area contributed by atoms with Crippen molar-refractivity contribution in [2.45, 2.75) is 53.0 Å². The van der Waals surface area contributed by atoms with Crippen molar-refractivity contribution in [1.82, 2.24) is 24.5 Å². The molecule has 0 atom stereocenters. The van der Waals surface area contributed by atoms with Crippen molar-refractivity contribution < 1.29 is 18.0 Å². The van der Waals surface area contributed by atoms with Gasteiger partial charge in [-0.2, -0.15) is 23.4 Å². The smallest absolute Gasteiger partial charge is 0.341 e. The zero-order chi connectivity index (χ0) is 19.6. The van der Waals surface area contributed by atoms with Crippen LogP contribution < -0.4 is 0 Å². The molecule has 0 radical (unpaired) electrons. The van der Waals surface area contributed by atoms with E-state index >= 15 is 0 Å². The van der Waals surface area contributed by atoms with E-state index in [1.54, 1.807) is 16.6 Å². The highest BCUT2D eigenvalue weighted by atomic mass is 79.9. The number of aryl methyl sites for hydroxylation is 3. The molecule has 0 aliphatic heterocycles. The standard InChI is InChI=1S/C16H21BrF3N5O/c1-5-24-9-12(10(2)21-24)8-23(4)13(26)6-7-25-11(3)14(17)15(22-25)16(18,19)20/h9H,5-8H2,1-4H3. The molecule has 1 amide bonds. The second-order valence-corrected chi connectivity index (χ2v) is 6.86. The summed E-state index contributed by atoms with van der Waals surface area (Å²) in [6.07, 6.45) is -2.58. The van der Waals surface area contributed by atoms with Gasteiger partial charge in [0.2, 0.25) is 5.91 Å². The summed E-state index contributed by atoms with van der Waals surface area (Å²) in [6, 6.07) is 0. The lowest BCUT2D eigenvalue weighted by Gasteiger charge is -2.17. The van der Waals surface area contributed by atoms with E-state index in [-0.39, 0.29) is 23.3 Å². The monoisotopic (exact) mass is 435 g/mol. The van der Waals surface area contributed by atoms with E-state index in [0.717, 1.165) is 17.8 Å². The fourth-order valence-electron chi connectivity index (χ4n) is 2.54. The molecule has 26 heavy (non-hydrogen) atoms. The first-order valence-corrected chi connectivity index (χ1v) is 8.90. The van der Waals surface area contributed by atoms with Gasteiger partial charge in [0.25, 0.3) is 0 Å². The Bertz CT molecular complexity index is 797. The lowest BCUT2D eigenvalue weighted by molar-refractivity contribution is -0.142. The van der Waals surface area contributed by atoms with Crippen LogP contribution >= 0.6 is 15.9 Å². The Morgan fingerprint density at radius 2 is 1.96 bits per heavy atom. The summed E-state index contributed by atoms with van der Waals surface area (Å²) in [5, 5.41) is 7.92. The predicted molar refractivity (Wildman–Crippen MR) is 93.4 cm³/mol. The maximum Gasteiger partial charge on any atom is 0.436 e. The van der Waals surface area contributed by atoms with Gasteiger partial charge in [0.15, 0.2) is 5.69 Å². The molecule has 0 spiro atoms. The Morgan fingerprint density at radius 3 is 2.46 bits per heavy atom. The van der Waals surface area contributed by atoms with E-state index in [9.17, 15) is 18.0 Å². The van der Waals surface area contributed by atoms with Crippen LogP contribution in [0.4, 0.5) is 13.2 Å². The van der Waals surface area contributed by atoms with E-state index in [1.807, 2.05) is 20.0 Å². The molecule has 0 N–H and O–H groups in total. The summed E-state index contributed by atoms with van der Waals surface area (Å²) in [6.45, 7) is 6.61. The number of halogens is 4. The topological polar surface area (TPSA) is 56.0 Å². The highest BCUT2D eigenvalue weighted by Crippen LogP contribution is 2.35. The number of aromatic nitrogens is 4. The molecule has 0 saturated carbocycles. The van der Waals surface area contributed by atoms with Crippen molar-refractivity contribution in [2.75, 3.05) is 7.05 Å². The third-order valence-electron chi connectivity index (χ3n) is 4.14. The molecule has 2 rings (SSSR count). The molecule has 6 nitrogen and oxygen atoms in total. The van der Waals surface area contributed by atoms with E-state index in [0.29, 0.717) is 12.2 Å². The molecule has 0 unspecified atom stereocenters. The fraction of sp³-hybridized carbons (Fsp3) is 0.562. The number of hydrogen-bond acceptors (Lipinski definition) is 3. The average molecular weight is 436 g/mol. The van der Waals surface area contributed by atoms with Crippen LogP contribution in [0.25, 0.3) is 0 Å². The van der Waals surface area contributed by atoms with Crippen LogP contribution in [0.3, 0.4) is 0 Å². The van der Waals surface area contributed by atoms with Gasteiger partial charge in [-0.1, -0.05) is 0 Å². The number of carbonyl (C=O) groups excluding carboxylic acids is 1. The van der Waals surface area contributed by atoms with Crippen LogP contribution in [-0.2, 0) is 30.6 Å². The minimum atomic E-state index is -4.54. The Morgan fingerprint density at radius 1 is 1.31 bits per heavy atom. The van der Waals surface area contributed by atoms with Crippen molar-refractivity contribution in [1.29, 1.82) is 0 Å². The summed E-state index contributed by atoms with van der Waals surface area (Å²) >= 11 is 2.93. The Hall–Kier alpha value is -1.84. The quantitative estimate of drug-likeness (QED) is 0.696.